The van der Waals surface area contributed by atoms with E-state index < -0.39 is 41.7 Å². The Bertz CT molecular complexity index is 854. The number of rotatable bonds is 5. The molecule has 6 nitrogen and oxygen atoms in total. The molecule has 0 spiro atoms. The van der Waals surface area contributed by atoms with E-state index in [1.54, 1.807) is 60.7 Å². The van der Waals surface area contributed by atoms with E-state index in [-0.39, 0.29) is 0 Å². The Morgan fingerprint density at radius 2 is 1.46 bits per heavy atom. The molecule has 0 fully saturated rings. The Labute approximate surface area is 167 Å². The summed E-state index contributed by atoms with van der Waals surface area (Å²) in [5, 5.41) is 20.4. The van der Waals surface area contributed by atoms with Gasteiger partial charge in [0.15, 0.2) is 0 Å². The lowest BCUT2D eigenvalue weighted by Gasteiger charge is -2.40. The maximum atomic E-state index is 12.2. The van der Waals surface area contributed by atoms with Crippen LogP contribution in [0, 0.1) is 0 Å². The molecule has 0 unspecified atom stereocenters. The van der Waals surface area contributed by atoms with E-state index in [2.05, 4.69) is 0 Å². The van der Waals surface area contributed by atoms with E-state index in [1.807, 2.05) is 0 Å². The van der Waals surface area contributed by atoms with Gasteiger partial charge in [0.2, 0.25) is 0 Å². The molecule has 0 aliphatic heterocycles. The lowest BCUT2D eigenvalue weighted by atomic mass is 9.84. The molecule has 7 heteroatoms. The summed E-state index contributed by atoms with van der Waals surface area (Å²) in [5.41, 5.74) is -1.43. The number of ether oxygens (including phenoxy) is 2. The summed E-state index contributed by atoms with van der Waals surface area (Å²) >= 11 is 6.14. The molecule has 0 heterocycles. The van der Waals surface area contributed by atoms with Gasteiger partial charge in [-0.1, -0.05) is 42.5 Å². The molecule has 3 rings (SSSR count). The van der Waals surface area contributed by atoms with Crippen LogP contribution in [0.5, 0.6) is 0 Å². The fourth-order valence-electron chi connectivity index (χ4n) is 2.80. The summed E-state index contributed by atoms with van der Waals surface area (Å²) in [6.07, 6.45) is 0.0592. The number of halogens is 1. The molecule has 1 aliphatic carbocycles. The minimum atomic E-state index is -2.03. The van der Waals surface area contributed by atoms with E-state index in [0.717, 1.165) is 0 Å². The predicted molar refractivity (Wildman–Crippen MR) is 102 cm³/mol. The lowest BCUT2D eigenvalue weighted by Crippen LogP contribution is -2.60. The number of aliphatic hydroxyl groups excluding tert-OH is 1. The smallest absolute Gasteiger partial charge is 0.338 e. The van der Waals surface area contributed by atoms with Crippen LogP contribution in [0.1, 0.15) is 20.7 Å². The van der Waals surface area contributed by atoms with Crippen LogP contribution in [0.15, 0.2) is 72.8 Å². The van der Waals surface area contributed by atoms with Crippen molar-refractivity contribution in [2.75, 3.05) is 6.61 Å². The molecule has 4 atom stereocenters. The molecular weight excluding hydrogens is 384 g/mol. The first-order valence-electron chi connectivity index (χ1n) is 8.63. The Kier molecular flexibility index (Phi) is 6.14. The fraction of sp³-hybridized carbons (Fsp3) is 0.238. The van der Waals surface area contributed by atoms with Crippen LogP contribution < -0.4 is 0 Å². The van der Waals surface area contributed by atoms with E-state index >= 15 is 0 Å². The van der Waals surface area contributed by atoms with E-state index in [4.69, 9.17) is 21.1 Å². The molecule has 1 aliphatic rings. The third-order valence-corrected chi connectivity index (χ3v) is 4.99. The van der Waals surface area contributed by atoms with Crippen LogP contribution in [0.3, 0.4) is 0 Å². The average Bonchev–Trinajstić information content (AvgIpc) is 2.74. The highest BCUT2D eigenvalue weighted by atomic mass is 35.5. The van der Waals surface area contributed by atoms with Gasteiger partial charge in [-0.05, 0) is 30.3 Å². The second-order valence-electron chi connectivity index (χ2n) is 6.40. The predicted octanol–water partition coefficient (Wildman–Crippen LogP) is 2.34. The zero-order valence-corrected chi connectivity index (χ0v) is 15.5. The number of carbonyl (C=O) groups excluding carboxylic acids is 2. The summed E-state index contributed by atoms with van der Waals surface area (Å²) in [7, 11) is 0. The fourth-order valence-corrected chi connectivity index (χ4v) is 3.08. The number of hydrogen-bond donors (Lipinski definition) is 2. The van der Waals surface area contributed by atoms with Crippen molar-refractivity contribution < 1.29 is 29.3 Å². The number of hydrogen-bond acceptors (Lipinski definition) is 6. The summed E-state index contributed by atoms with van der Waals surface area (Å²) in [5.74, 6) is -1.33. The van der Waals surface area contributed by atoms with E-state index in [0.29, 0.717) is 11.1 Å². The second kappa shape index (κ2) is 8.56. The third-order valence-electron chi connectivity index (χ3n) is 4.47. The van der Waals surface area contributed by atoms with Gasteiger partial charge < -0.3 is 19.7 Å². The molecule has 0 bridgehead atoms. The largest absolute Gasteiger partial charge is 0.459 e. The van der Waals surface area contributed by atoms with Crippen LogP contribution >= 0.6 is 11.6 Å². The van der Waals surface area contributed by atoms with Gasteiger partial charge >= 0.3 is 11.9 Å². The molecule has 0 radical (unpaired) electrons. The molecule has 0 saturated carbocycles. The number of aliphatic hydroxyl groups is 2. The van der Waals surface area contributed by atoms with Crippen molar-refractivity contribution in [1.29, 1.82) is 0 Å². The van der Waals surface area contributed by atoms with Crippen molar-refractivity contribution in [1.82, 2.24) is 0 Å². The summed E-state index contributed by atoms with van der Waals surface area (Å²) in [4.78, 5) is 24.4. The van der Waals surface area contributed by atoms with Crippen molar-refractivity contribution >= 4 is 23.5 Å². The van der Waals surface area contributed by atoms with Crippen LogP contribution in [-0.4, -0.2) is 51.9 Å². The highest BCUT2D eigenvalue weighted by Gasteiger charge is 2.50. The molecule has 2 N–H and O–H groups in total. The standard InChI is InChI=1S/C21H19ClO6/c22-17-12-11-16(28-20(25)15-9-5-2-6-10-15)18(23)21(17,26)13-27-19(24)14-7-3-1-4-8-14/h1-12,16-18,23,26H,13H2/t16-,17+,18-,21+/m1/s1. The van der Waals surface area contributed by atoms with Gasteiger partial charge in [0.1, 0.15) is 24.4 Å². The second-order valence-corrected chi connectivity index (χ2v) is 6.87. The SMILES string of the molecule is O=C(OC[C@@]1(O)[C@H](O)[C@H](OC(=O)c2ccccc2)C=C[C@@H]1Cl)c1ccccc1. The third kappa shape index (κ3) is 4.25. The van der Waals surface area contributed by atoms with E-state index in [9.17, 15) is 19.8 Å². The Balaban J connectivity index is 1.69. The molecule has 0 saturated heterocycles. The molecule has 2 aromatic carbocycles. The van der Waals surface area contributed by atoms with Crippen molar-refractivity contribution in [2.45, 2.75) is 23.2 Å². The summed E-state index contributed by atoms with van der Waals surface area (Å²) < 4.78 is 10.4. The van der Waals surface area contributed by atoms with Gasteiger partial charge in [0.25, 0.3) is 0 Å². The lowest BCUT2D eigenvalue weighted by molar-refractivity contribution is -0.140. The van der Waals surface area contributed by atoms with Crippen molar-refractivity contribution in [2.24, 2.45) is 0 Å². The van der Waals surface area contributed by atoms with Gasteiger partial charge in [-0.15, -0.1) is 11.6 Å². The van der Waals surface area contributed by atoms with Crippen LogP contribution in [0.2, 0.25) is 0 Å². The number of carbonyl (C=O) groups is 2. The van der Waals surface area contributed by atoms with Crippen LogP contribution in [0.4, 0.5) is 0 Å². The van der Waals surface area contributed by atoms with Gasteiger partial charge in [-0.2, -0.15) is 0 Å². The Morgan fingerprint density at radius 3 is 2.04 bits per heavy atom. The monoisotopic (exact) mass is 402 g/mol. The molecule has 28 heavy (non-hydrogen) atoms. The number of esters is 2. The van der Waals surface area contributed by atoms with Crippen LogP contribution in [0.25, 0.3) is 0 Å². The van der Waals surface area contributed by atoms with Gasteiger partial charge in [0.05, 0.1) is 16.5 Å². The summed E-state index contributed by atoms with van der Waals surface area (Å²) in [6, 6.07) is 16.5. The Morgan fingerprint density at radius 1 is 0.929 bits per heavy atom. The number of benzene rings is 2. The quantitative estimate of drug-likeness (QED) is 0.453. The summed E-state index contributed by atoms with van der Waals surface area (Å²) in [6.45, 7) is -0.570. The number of alkyl halides is 1. The first kappa shape index (κ1) is 20.1. The minimum Gasteiger partial charge on any atom is -0.459 e. The average molecular weight is 403 g/mol. The minimum absolute atomic E-state index is 0.296. The molecule has 146 valence electrons. The van der Waals surface area contributed by atoms with Crippen LogP contribution in [-0.2, 0) is 9.47 Å². The first-order chi connectivity index (χ1) is 13.4. The van der Waals surface area contributed by atoms with Crippen molar-refractivity contribution in [3.8, 4) is 0 Å². The maximum absolute atomic E-state index is 12.2. The molecule has 2 aromatic rings. The normalized spacial score (nSPS) is 26.5. The molecule has 0 aromatic heterocycles. The molecular formula is C21H19ClO6. The molecule has 0 amide bonds. The highest BCUT2D eigenvalue weighted by Crippen LogP contribution is 2.31. The zero-order chi connectivity index (χ0) is 20.1. The Hall–Kier alpha value is -2.67. The van der Waals surface area contributed by atoms with E-state index in [1.165, 1.54) is 12.2 Å². The zero-order valence-electron chi connectivity index (χ0n) is 14.8. The van der Waals surface area contributed by atoms with Crippen molar-refractivity contribution in [3.63, 3.8) is 0 Å². The van der Waals surface area contributed by atoms with Gasteiger partial charge in [0, 0.05) is 0 Å². The highest BCUT2D eigenvalue weighted by molar-refractivity contribution is 6.22. The van der Waals surface area contributed by atoms with Gasteiger partial charge in [-0.25, -0.2) is 9.59 Å². The van der Waals surface area contributed by atoms with Gasteiger partial charge in [-0.3, -0.25) is 0 Å². The maximum Gasteiger partial charge on any atom is 0.338 e. The first-order valence-corrected chi connectivity index (χ1v) is 9.06. The van der Waals surface area contributed by atoms with Crippen molar-refractivity contribution in [3.05, 3.63) is 83.9 Å². The topological polar surface area (TPSA) is 93.1 Å².